The van der Waals surface area contributed by atoms with E-state index in [2.05, 4.69) is 5.32 Å². The molecule has 1 aromatic rings. The third-order valence-corrected chi connectivity index (χ3v) is 3.93. The number of nitrogens with two attached hydrogens (primary N) is 1. The third-order valence-electron chi connectivity index (χ3n) is 3.93. The van der Waals surface area contributed by atoms with Gasteiger partial charge in [-0.15, -0.1) is 0 Å². The molecule has 5 heteroatoms. The van der Waals surface area contributed by atoms with Crippen LogP contribution in [0.3, 0.4) is 0 Å². The van der Waals surface area contributed by atoms with Crippen molar-refractivity contribution in [2.45, 2.75) is 38.3 Å². The zero-order chi connectivity index (χ0) is 14.5. The molecule has 2 rings (SSSR count). The number of benzene rings is 1. The van der Waals surface area contributed by atoms with Crippen molar-refractivity contribution >= 4 is 5.91 Å². The van der Waals surface area contributed by atoms with Gasteiger partial charge >= 0.3 is 0 Å². The fraction of sp³-hybridized carbons (Fsp3) is 0.533. The molecule has 0 heterocycles. The Labute approximate surface area is 118 Å². The van der Waals surface area contributed by atoms with Crippen molar-refractivity contribution in [2.75, 3.05) is 6.54 Å². The van der Waals surface area contributed by atoms with E-state index in [9.17, 15) is 14.3 Å². The van der Waals surface area contributed by atoms with Crippen LogP contribution in [0.25, 0.3) is 0 Å². The number of hydrogen-bond donors (Lipinski definition) is 3. The zero-order valence-corrected chi connectivity index (χ0v) is 11.4. The van der Waals surface area contributed by atoms with Crippen LogP contribution in [0.15, 0.2) is 18.2 Å². The third kappa shape index (κ3) is 3.77. The lowest BCUT2D eigenvalue weighted by atomic mass is 9.86. The second-order valence-electron chi connectivity index (χ2n) is 5.41. The van der Waals surface area contributed by atoms with E-state index in [0.29, 0.717) is 18.7 Å². The van der Waals surface area contributed by atoms with E-state index < -0.39 is 11.7 Å². The predicted octanol–water partition coefficient (Wildman–Crippen LogP) is 1.57. The molecule has 0 radical (unpaired) electrons. The van der Waals surface area contributed by atoms with E-state index in [4.69, 9.17) is 5.73 Å². The summed E-state index contributed by atoms with van der Waals surface area (Å²) in [5.74, 6) is -0.816. The maximum atomic E-state index is 13.8. The smallest absolute Gasteiger partial charge is 0.248 e. The van der Waals surface area contributed by atoms with Crippen LogP contribution in [-0.4, -0.2) is 23.7 Å². The zero-order valence-electron chi connectivity index (χ0n) is 11.4. The van der Waals surface area contributed by atoms with E-state index in [1.807, 2.05) is 0 Å². The summed E-state index contributed by atoms with van der Waals surface area (Å²) in [6.45, 7) is 1.06. The summed E-state index contributed by atoms with van der Waals surface area (Å²) in [5, 5.41) is 13.0. The van der Waals surface area contributed by atoms with Gasteiger partial charge in [0.1, 0.15) is 5.82 Å². The Morgan fingerprint density at radius 3 is 2.80 bits per heavy atom. The number of carbonyl (C=O) groups excluding carboxylic acids is 1. The van der Waals surface area contributed by atoms with Crippen molar-refractivity contribution < 1.29 is 14.3 Å². The number of halogens is 1. The molecule has 0 spiro atoms. The fourth-order valence-electron chi connectivity index (χ4n) is 2.66. The molecule has 0 saturated heterocycles. The molecule has 1 fully saturated rings. The van der Waals surface area contributed by atoms with Gasteiger partial charge in [-0.1, -0.05) is 18.9 Å². The summed E-state index contributed by atoms with van der Waals surface area (Å²) in [6.07, 6.45) is 3.84. The minimum Gasteiger partial charge on any atom is -0.393 e. The Kier molecular flexibility index (Phi) is 5.09. The summed E-state index contributed by atoms with van der Waals surface area (Å²) in [7, 11) is 0. The molecule has 1 aromatic carbocycles. The number of amides is 1. The maximum Gasteiger partial charge on any atom is 0.248 e. The number of aliphatic hydroxyl groups is 1. The van der Waals surface area contributed by atoms with Gasteiger partial charge in [-0.3, -0.25) is 4.79 Å². The molecule has 1 aliphatic carbocycles. The average Bonchev–Trinajstić information content (AvgIpc) is 2.42. The van der Waals surface area contributed by atoms with Crippen molar-refractivity contribution in [3.63, 3.8) is 0 Å². The Hall–Kier alpha value is -1.46. The summed E-state index contributed by atoms with van der Waals surface area (Å²) in [5.41, 5.74) is 5.77. The molecule has 20 heavy (non-hydrogen) atoms. The number of aliphatic hydroxyl groups excluding tert-OH is 1. The van der Waals surface area contributed by atoms with Gasteiger partial charge in [0.05, 0.1) is 6.10 Å². The first kappa shape index (κ1) is 14.9. The number of hydrogen-bond acceptors (Lipinski definition) is 3. The molecule has 1 aliphatic rings. The largest absolute Gasteiger partial charge is 0.393 e. The number of carbonyl (C=O) groups is 1. The van der Waals surface area contributed by atoms with Crippen molar-refractivity contribution in [3.8, 4) is 0 Å². The van der Waals surface area contributed by atoms with Gasteiger partial charge in [0.25, 0.3) is 0 Å². The molecule has 110 valence electrons. The monoisotopic (exact) mass is 280 g/mol. The van der Waals surface area contributed by atoms with Crippen molar-refractivity contribution in [1.29, 1.82) is 0 Å². The van der Waals surface area contributed by atoms with Gasteiger partial charge in [0, 0.05) is 24.2 Å². The summed E-state index contributed by atoms with van der Waals surface area (Å²) < 4.78 is 13.8. The Morgan fingerprint density at radius 2 is 2.15 bits per heavy atom. The molecular formula is C15H21FN2O2. The fourth-order valence-corrected chi connectivity index (χ4v) is 2.66. The molecule has 0 aromatic heterocycles. The maximum absolute atomic E-state index is 13.8. The number of nitrogens with one attached hydrogen (secondary N) is 1. The van der Waals surface area contributed by atoms with Gasteiger partial charge in [-0.2, -0.15) is 0 Å². The van der Waals surface area contributed by atoms with Crippen molar-refractivity contribution in [2.24, 2.45) is 11.7 Å². The summed E-state index contributed by atoms with van der Waals surface area (Å²) in [6, 6.07) is 4.26. The molecule has 4 N–H and O–H groups in total. The van der Waals surface area contributed by atoms with Gasteiger partial charge in [0.2, 0.25) is 5.91 Å². The standard InChI is InChI=1S/C15H21FN2O2/c16-13-7-10(15(17)20)5-6-11(13)8-18-9-12-3-1-2-4-14(12)19/h5-7,12,14,18-19H,1-4,8-9H2,(H2,17,20). The Morgan fingerprint density at radius 1 is 1.40 bits per heavy atom. The highest BCUT2D eigenvalue weighted by atomic mass is 19.1. The van der Waals surface area contributed by atoms with Crippen LogP contribution in [-0.2, 0) is 6.54 Å². The second-order valence-corrected chi connectivity index (χ2v) is 5.41. The van der Waals surface area contributed by atoms with E-state index in [0.717, 1.165) is 31.7 Å². The summed E-state index contributed by atoms with van der Waals surface area (Å²) >= 11 is 0. The van der Waals surface area contributed by atoms with Crippen LogP contribution in [0.4, 0.5) is 4.39 Å². The lowest BCUT2D eigenvalue weighted by Crippen LogP contribution is -2.33. The van der Waals surface area contributed by atoms with Crippen LogP contribution in [0.5, 0.6) is 0 Å². The molecule has 2 atom stereocenters. The van der Waals surface area contributed by atoms with Crippen LogP contribution < -0.4 is 11.1 Å². The minimum atomic E-state index is -0.631. The lowest BCUT2D eigenvalue weighted by molar-refractivity contribution is 0.0694. The SMILES string of the molecule is NC(=O)c1ccc(CNCC2CCCCC2O)c(F)c1. The van der Waals surface area contributed by atoms with Gasteiger partial charge in [0.15, 0.2) is 0 Å². The van der Waals surface area contributed by atoms with Crippen LogP contribution in [0.2, 0.25) is 0 Å². The molecule has 1 amide bonds. The summed E-state index contributed by atoms with van der Waals surface area (Å²) in [4.78, 5) is 10.9. The van der Waals surface area contributed by atoms with Gasteiger partial charge in [-0.05, 0) is 30.9 Å². The first-order valence-corrected chi connectivity index (χ1v) is 7.05. The lowest BCUT2D eigenvalue weighted by Gasteiger charge is -2.27. The highest BCUT2D eigenvalue weighted by Gasteiger charge is 2.22. The highest BCUT2D eigenvalue weighted by molar-refractivity contribution is 5.92. The Balaban J connectivity index is 1.86. The van der Waals surface area contributed by atoms with Crippen LogP contribution in [0.1, 0.15) is 41.6 Å². The van der Waals surface area contributed by atoms with Gasteiger partial charge in [-0.25, -0.2) is 4.39 Å². The van der Waals surface area contributed by atoms with E-state index in [1.54, 1.807) is 6.07 Å². The minimum absolute atomic E-state index is 0.175. The van der Waals surface area contributed by atoms with Crippen molar-refractivity contribution in [1.82, 2.24) is 5.32 Å². The first-order chi connectivity index (χ1) is 9.58. The molecule has 0 bridgehead atoms. The predicted molar refractivity (Wildman–Crippen MR) is 74.6 cm³/mol. The van der Waals surface area contributed by atoms with E-state index in [-0.39, 0.29) is 17.6 Å². The normalized spacial score (nSPS) is 22.7. The molecule has 2 unspecified atom stereocenters. The van der Waals surface area contributed by atoms with E-state index >= 15 is 0 Å². The number of rotatable bonds is 5. The molecular weight excluding hydrogens is 259 g/mol. The second kappa shape index (κ2) is 6.81. The van der Waals surface area contributed by atoms with Gasteiger partial charge < -0.3 is 16.2 Å². The number of primary amides is 1. The average molecular weight is 280 g/mol. The highest BCUT2D eigenvalue weighted by Crippen LogP contribution is 2.23. The topological polar surface area (TPSA) is 75.4 Å². The van der Waals surface area contributed by atoms with Crippen molar-refractivity contribution in [3.05, 3.63) is 35.1 Å². The van der Waals surface area contributed by atoms with Crippen LogP contribution in [0, 0.1) is 11.7 Å². The molecule has 4 nitrogen and oxygen atoms in total. The van der Waals surface area contributed by atoms with Crippen LogP contribution >= 0.6 is 0 Å². The quantitative estimate of drug-likeness (QED) is 0.766. The molecule has 1 saturated carbocycles. The molecule has 0 aliphatic heterocycles. The first-order valence-electron chi connectivity index (χ1n) is 7.05. The Bertz CT molecular complexity index is 479. The van der Waals surface area contributed by atoms with E-state index in [1.165, 1.54) is 6.07 Å².